The zero-order valence-electron chi connectivity index (χ0n) is 14.4. The van der Waals surface area contributed by atoms with Crippen molar-refractivity contribution in [1.82, 2.24) is 0 Å². The Morgan fingerprint density at radius 2 is 1.96 bits per heavy atom. The van der Waals surface area contributed by atoms with E-state index < -0.39 is 9.84 Å². The summed E-state index contributed by atoms with van der Waals surface area (Å²) >= 11 is 0. The molecule has 0 aromatic heterocycles. The first-order chi connectivity index (χ1) is 11.9. The van der Waals surface area contributed by atoms with Gasteiger partial charge in [0.05, 0.1) is 17.1 Å². The van der Waals surface area contributed by atoms with Crippen LogP contribution in [0.5, 0.6) is 5.75 Å². The van der Waals surface area contributed by atoms with Crippen LogP contribution in [0.4, 0.5) is 5.69 Å². The molecule has 25 heavy (non-hydrogen) atoms. The lowest BCUT2D eigenvalue weighted by Gasteiger charge is -2.30. The van der Waals surface area contributed by atoms with E-state index in [1.165, 1.54) is 6.26 Å². The fourth-order valence-corrected chi connectivity index (χ4v) is 3.76. The Hall–Kier alpha value is -2.34. The van der Waals surface area contributed by atoms with Crippen molar-refractivity contribution in [3.05, 3.63) is 53.6 Å². The van der Waals surface area contributed by atoms with Gasteiger partial charge in [0.2, 0.25) is 0 Å². The van der Waals surface area contributed by atoms with Gasteiger partial charge < -0.3 is 9.64 Å². The lowest BCUT2D eigenvalue weighted by molar-refractivity contribution is 0.0981. The molecule has 0 spiro atoms. The van der Waals surface area contributed by atoms with Crippen LogP contribution in [-0.4, -0.2) is 33.7 Å². The number of hydrogen-bond acceptors (Lipinski definition) is 4. The fraction of sp³-hybridized carbons (Fsp3) is 0.316. The van der Waals surface area contributed by atoms with Gasteiger partial charge in [0, 0.05) is 18.5 Å². The first-order valence-electron chi connectivity index (χ1n) is 8.28. The molecule has 1 amide bonds. The molecule has 132 valence electrons. The Bertz CT molecular complexity index is 905. The van der Waals surface area contributed by atoms with Crippen molar-refractivity contribution in [2.75, 3.05) is 24.3 Å². The first kappa shape index (κ1) is 17.5. The minimum absolute atomic E-state index is 0.128. The van der Waals surface area contributed by atoms with E-state index in [0.29, 0.717) is 24.5 Å². The van der Waals surface area contributed by atoms with Gasteiger partial charge in [-0.2, -0.15) is 0 Å². The highest BCUT2D eigenvalue weighted by Gasteiger charge is 2.26. The summed E-state index contributed by atoms with van der Waals surface area (Å²) in [6, 6.07) is 12.2. The summed E-state index contributed by atoms with van der Waals surface area (Å²) in [6.07, 6.45) is 2.75. The summed E-state index contributed by atoms with van der Waals surface area (Å²) in [5.41, 5.74) is 2.18. The second kappa shape index (κ2) is 6.88. The van der Waals surface area contributed by atoms with Gasteiger partial charge in [0.15, 0.2) is 9.84 Å². The lowest BCUT2D eigenvalue weighted by atomic mass is 10.0. The predicted octanol–water partition coefficient (Wildman–Crippen LogP) is 3.08. The number of carbonyl (C=O) groups is 1. The first-order valence-corrected chi connectivity index (χ1v) is 10.2. The molecule has 5 nitrogen and oxygen atoms in total. The molecule has 1 aliphatic heterocycles. The maximum Gasteiger partial charge on any atom is 0.262 e. The number of anilines is 1. The standard InChI is InChI=1S/C19H21NO4S/c1-3-24-18-9-5-4-8-16(18)19(21)20-12-6-7-14-13-15(25(2,22)23)10-11-17(14)20/h4-5,8-11,13H,3,6-7,12H2,1-2H3. The molecular formula is C19H21NO4S. The van der Waals surface area contributed by atoms with Gasteiger partial charge in [-0.25, -0.2) is 8.42 Å². The van der Waals surface area contributed by atoms with Gasteiger partial charge in [0.25, 0.3) is 5.91 Å². The van der Waals surface area contributed by atoms with Crippen LogP contribution in [0.15, 0.2) is 47.4 Å². The average Bonchev–Trinajstić information content (AvgIpc) is 2.60. The maximum atomic E-state index is 13.1. The third-order valence-corrected chi connectivity index (χ3v) is 5.37. The molecule has 0 bridgehead atoms. The number of para-hydroxylation sites is 1. The van der Waals surface area contributed by atoms with E-state index in [0.717, 1.165) is 24.1 Å². The topological polar surface area (TPSA) is 63.7 Å². The number of rotatable bonds is 4. The third-order valence-electron chi connectivity index (χ3n) is 4.26. The summed E-state index contributed by atoms with van der Waals surface area (Å²) in [5, 5.41) is 0. The zero-order valence-corrected chi connectivity index (χ0v) is 15.2. The fourth-order valence-electron chi connectivity index (χ4n) is 3.09. The van der Waals surface area contributed by atoms with E-state index in [9.17, 15) is 13.2 Å². The molecule has 0 saturated heterocycles. The number of fused-ring (bicyclic) bond motifs is 1. The van der Waals surface area contributed by atoms with E-state index in [4.69, 9.17) is 4.74 Å². The van der Waals surface area contributed by atoms with Crippen LogP contribution >= 0.6 is 0 Å². The largest absolute Gasteiger partial charge is 0.493 e. The Kier molecular flexibility index (Phi) is 4.81. The minimum atomic E-state index is -3.26. The van der Waals surface area contributed by atoms with Crippen LogP contribution in [0.3, 0.4) is 0 Å². The second-order valence-electron chi connectivity index (χ2n) is 6.05. The van der Waals surface area contributed by atoms with E-state index in [1.807, 2.05) is 19.1 Å². The van der Waals surface area contributed by atoms with Crippen LogP contribution in [0.2, 0.25) is 0 Å². The van der Waals surface area contributed by atoms with Crippen molar-refractivity contribution >= 4 is 21.4 Å². The highest BCUT2D eigenvalue weighted by molar-refractivity contribution is 7.90. The van der Waals surface area contributed by atoms with Crippen molar-refractivity contribution in [2.24, 2.45) is 0 Å². The summed E-state index contributed by atoms with van der Waals surface area (Å²) < 4.78 is 29.1. The summed E-state index contributed by atoms with van der Waals surface area (Å²) in [5.74, 6) is 0.437. The molecule has 6 heteroatoms. The van der Waals surface area contributed by atoms with E-state index in [-0.39, 0.29) is 10.8 Å². The molecule has 0 atom stereocenters. The molecule has 0 radical (unpaired) electrons. The highest BCUT2D eigenvalue weighted by atomic mass is 32.2. The molecule has 0 N–H and O–H groups in total. The predicted molar refractivity (Wildman–Crippen MR) is 97.2 cm³/mol. The third kappa shape index (κ3) is 3.54. The molecule has 0 saturated carbocycles. The highest BCUT2D eigenvalue weighted by Crippen LogP contribution is 2.32. The maximum absolute atomic E-state index is 13.1. The Balaban J connectivity index is 2.00. The Labute approximate surface area is 148 Å². The van der Waals surface area contributed by atoms with Crippen LogP contribution in [0.25, 0.3) is 0 Å². The van der Waals surface area contributed by atoms with Crippen LogP contribution in [0.1, 0.15) is 29.3 Å². The van der Waals surface area contributed by atoms with Crippen molar-refractivity contribution < 1.29 is 17.9 Å². The minimum Gasteiger partial charge on any atom is -0.493 e. The van der Waals surface area contributed by atoms with Crippen LogP contribution in [0, 0.1) is 0 Å². The van der Waals surface area contributed by atoms with Crippen LogP contribution < -0.4 is 9.64 Å². The van der Waals surface area contributed by atoms with Gasteiger partial charge in [-0.05, 0) is 55.7 Å². The van der Waals surface area contributed by atoms with Gasteiger partial charge in [0.1, 0.15) is 5.75 Å². The number of nitrogens with zero attached hydrogens (tertiary/aromatic N) is 1. The van der Waals surface area contributed by atoms with Crippen LogP contribution in [-0.2, 0) is 16.3 Å². The second-order valence-corrected chi connectivity index (χ2v) is 8.07. The number of hydrogen-bond donors (Lipinski definition) is 0. The number of amides is 1. The number of aryl methyl sites for hydroxylation is 1. The SMILES string of the molecule is CCOc1ccccc1C(=O)N1CCCc2cc(S(C)(=O)=O)ccc21. The molecule has 2 aromatic carbocycles. The molecular weight excluding hydrogens is 338 g/mol. The summed E-state index contributed by atoms with van der Waals surface area (Å²) in [4.78, 5) is 15.1. The zero-order chi connectivity index (χ0) is 18.0. The summed E-state index contributed by atoms with van der Waals surface area (Å²) in [7, 11) is -3.26. The Morgan fingerprint density at radius 1 is 1.20 bits per heavy atom. The molecule has 2 aromatic rings. The van der Waals surface area contributed by atoms with Crippen molar-refractivity contribution in [1.29, 1.82) is 0 Å². The van der Waals surface area contributed by atoms with Gasteiger partial charge in [-0.1, -0.05) is 12.1 Å². The smallest absolute Gasteiger partial charge is 0.262 e. The quantitative estimate of drug-likeness (QED) is 0.841. The van der Waals surface area contributed by atoms with Gasteiger partial charge >= 0.3 is 0 Å². The monoisotopic (exact) mass is 359 g/mol. The van der Waals surface area contributed by atoms with Gasteiger partial charge in [-0.15, -0.1) is 0 Å². The summed E-state index contributed by atoms with van der Waals surface area (Å²) in [6.45, 7) is 2.97. The van der Waals surface area contributed by atoms with Gasteiger partial charge in [-0.3, -0.25) is 4.79 Å². The van der Waals surface area contributed by atoms with E-state index in [1.54, 1.807) is 35.2 Å². The number of ether oxygens (including phenoxy) is 1. The molecule has 0 unspecified atom stereocenters. The average molecular weight is 359 g/mol. The molecule has 1 aliphatic rings. The van der Waals surface area contributed by atoms with E-state index >= 15 is 0 Å². The molecule has 0 aliphatic carbocycles. The lowest BCUT2D eigenvalue weighted by Crippen LogP contribution is -2.35. The molecule has 1 heterocycles. The van der Waals surface area contributed by atoms with Crippen molar-refractivity contribution in [3.63, 3.8) is 0 Å². The van der Waals surface area contributed by atoms with Crippen molar-refractivity contribution in [3.8, 4) is 5.75 Å². The molecule has 0 fully saturated rings. The van der Waals surface area contributed by atoms with E-state index in [2.05, 4.69) is 0 Å². The number of sulfone groups is 1. The number of benzene rings is 2. The number of carbonyl (C=O) groups excluding carboxylic acids is 1. The normalized spacial score (nSPS) is 14.1. The molecule has 3 rings (SSSR count). The van der Waals surface area contributed by atoms with Crippen molar-refractivity contribution in [2.45, 2.75) is 24.7 Å². The Morgan fingerprint density at radius 3 is 2.68 bits per heavy atom.